The number of benzene rings is 1. The molecule has 4 bridgehead atoms. The lowest BCUT2D eigenvalue weighted by molar-refractivity contribution is -0.184. The average molecular weight is 364 g/mol. The Hall–Kier alpha value is -2.10. The Morgan fingerprint density at radius 1 is 1.15 bits per heavy atom. The van der Waals surface area contributed by atoms with Gasteiger partial charge in [0.15, 0.2) is 0 Å². The predicted molar refractivity (Wildman–Crippen MR) is 103 cm³/mol. The second-order valence-corrected chi connectivity index (χ2v) is 9.43. The van der Waals surface area contributed by atoms with Crippen molar-refractivity contribution >= 4 is 5.97 Å². The second-order valence-electron chi connectivity index (χ2n) is 9.43. The maximum Gasteiger partial charge on any atom is 0.312 e. The Kier molecular flexibility index (Phi) is 3.92. The molecule has 27 heavy (non-hydrogen) atoms. The number of carbonyl (C=O) groups is 1. The number of hydrogen-bond acceptors (Lipinski definition) is 3. The molecular formula is C23H28N2O2. The number of ether oxygens (including phenoxy) is 1. The van der Waals surface area contributed by atoms with E-state index < -0.39 is 0 Å². The van der Waals surface area contributed by atoms with E-state index in [4.69, 9.17) is 4.74 Å². The smallest absolute Gasteiger partial charge is 0.312 e. The second kappa shape index (κ2) is 6.22. The van der Waals surface area contributed by atoms with Crippen molar-refractivity contribution in [3.8, 4) is 0 Å². The van der Waals surface area contributed by atoms with E-state index in [-0.39, 0.29) is 16.8 Å². The van der Waals surface area contributed by atoms with Gasteiger partial charge in [0.1, 0.15) is 6.61 Å². The Morgan fingerprint density at radius 3 is 2.56 bits per heavy atom. The monoisotopic (exact) mass is 364 g/mol. The number of nitrogens with zero attached hydrogens (tertiary/aromatic N) is 2. The number of esters is 1. The van der Waals surface area contributed by atoms with Crippen molar-refractivity contribution in [1.29, 1.82) is 0 Å². The average Bonchev–Trinajstić information content (AvgIpc) is 3.03. The number of aromatic nitrogens is 2. The molecule has 0 spiro atoms. The van der Waals surface area contributed by atoms with Gasteiger partial charge in [0.25, 0.3) is 0 Å². The lowest BCUT2D eigenvalue weighted by Gasteiger charge is -2.60. The third-order valence-corrected chi connectivity index (χ3v) is 7.24. The van der Waals surface area contributed by atoms with Crippen LogP contribution < -0.4 is 0 Å². The first-order valence-electron chi connectivity index (χ1n) is 10.3. The van der Waals surface area contributed by atoms with Gasteiger partial charge in [-0.2, -0.15) is 5.10 Å². The molecule has 4 atom stereocenters. The Labute approximate surface area is 160 Å². The molecule has 0 saturated heterocycles. The van der Waals surface area contributed by atoms with Crippen molar-refractivity contribution in [3.05, 3.63) is 53.9 Å². The van der Waals surface area contributed by atoms with Crippen molar-refractivity contribution in [2.75, 3.05) is 0 Å². The van der Waals surface area contributed by atoms with Crippen molar-refractivity contribution in [2.45, 2.75) is 58.6 Å². The van der Waals surface area contributed by atoms with E-state index in [0.29, 0.717) is 18.4 Å². The van der Waals surface area contributed by atoms with E-state index in [1.54, 1.807) is 0 Å². The highest BCUT2D eigenvalue weighted by Gasteiger charge is 2.61. The Bertz CT molecular complexity index is 827. The largest absolute Gasteiger partial charge is 0.460 e. The van der Waals surface area contributed by atoms with Crippen LogP contribution >= 0.6 is 0 Å². The molecule has 0 amide bonds. The first kappa shape index (κ1) is 17.0. The summed E-state index contributed by atoms with van der Waals surface area (Å²) in [6.45, 7) is 3.46. The molecule has 4 heteroatoms. The van der Waals surface area contributed by atoms with E-state index in [1.807, 2.05) is 36.5 Å². The van der Waals surface area contributed by atoms with Crippen LogP contribution in [0, 0.1) is 29.6 Å². The van der Waals surface area contributed by atoms with E-state index >= 15 is 0 Å². The minimum absolute atomic E-state index is 0.0435. The quantitative estimate of drug-likeness (QED) is 0.733. The molecule has 1 heterocycles. The fourth-order valence-electron chi connectivity index (χ4n) is 6.63. The summed E-state index contributed by atoms with van der Waals surface area (Å²) >= 11 is 0. The molecule has 4 aliphatic rings. The fourth-order valence-corrected chi connectivity index (χ4v) is 6.63. The summed E-state index contributed by atoms with van der Waals surface area (Å²) in [6, 6.07) is 12.1. The summed E-state index contributed by atoms with van der Waals surface area (Å²) in [5.74, 6) is 1.39. The number of rotatable bonds is 5. The fraction of sp³-hybridized carbons (Fsp3) is 0.565. The minimum atomic E-state index is -0.264. The first-order valence-corrected chi connectivity index (χ1v) is 10.3. The van der Waals surface area contributed by atoms with Gasteiger partial charge in [-0.15, -0.1) is 0 Å². The van der Waals surface area contributed by atoms with Gasteiger partial charge in [-0.3, -0.25) is 9.48 Å². The van der Waals surface area contributed by atoms with Crippen LogP contribution in [0.15, 0.2) is 42.6 Å². The molecule has 2 aromatic rings. The lowest BCUT2D eigenvalue weighted by Crippen LogP contribution is -2.56. The molecule has 0 radical (unpaired) electrons. The van der Waals surface area contributed by atoms with Crippen molar-refractivity contribution < 1.29 is 9.53 Å². The molecule has 4 nitrogen and oxygen atoms in total. The van der Waals surface area contributed by atoms with Gasteiger partial charge in [0.2, 0.25) is 0 Å². The third kappa shape index (κ3) is 2.99. The summed E-state index contributed by atoms with van der Waals surface area (Å²) in [5.41, 5.74) is 2.23. The summed E-state index contributed by atoms with van der Waals surface area (Å²) in [7, 11) is 0. The van der Waals surface area contributed by atoms with Crippen molar-refractivity contribution in [2.24, 2.45) is 22.7 Å². The van der Waals surface area contributed by atoms with Crippen LogP contribution in [0.3, 0.4) is 0 Å². The molecule has 6 rings (SSSR count). The van der Waals surface area contributed by atoms with Gasteiger partial charge in [-0.05, 0) is 74.3 Å². The molecule has 4 fully saturated rings. The molecule has 0 N–H and O–H groups in total. The SMILES string of the molecule is Cc1ccnn1CC12C[C@H]3C[C@@H](C1)CC(C(=O)OCc1ccccc1)(C3)C2. The summed E-state index contributed by atoms with van der Waals surface area (Å²) < 4.78 is 8.00. The van der Waals surface area contributed by atoms with Crippen LogP contribution in [0.5, 0.6) is 0 Å². The minimum Gasteiger partial charge on any atom is -0.460 e. The zero-order chi connectivity index (χ0) is 18.5. The van der Waals surface area contributed by atoms with Crippen LogP contribution in [0.25, 0.3) is 0 Å². The molecule has 4 saturated carbocycles. The number of hydrogen-bond donors (Lipinski definition) is 0. The van der Waals surface area contributed by atoms with E-state index in [2.05, 4.69) is 22.8 Å². The van der Waals surface area contributed by atoms with Crippen LogP contribution in [0.2, 0.25) is 0 Å². The van der Waals surface area contributed by atoms with E-state index in [9.17, 15) is 4.79 Å². The van der Waals surface area contributed by atoms with Gasteiger partial charge in [-0.1, -0.05) is 30.3 Å². The standard InChI is InChI=1S/C23H28N2O2/c1-17-7-8-24-25(17)16-22-10-19-9-20(11-22)13-23(12-19,15-22)21(26)27-14-18-5-3-2-4-6-18/h2-8,19-20H,9-16H2,1H3/t19-,20+,22?,23?. The topological polar surface area (TPSA) is 44.1 Å². The Balaban J connectivity index is 1.36. The van der Waals surface area contributed by atoms with Gasteiger partial charge in [0.05, 0.1) is 5.41 Å². The van der Waals surface area contributed by atoms with Crippen LogP contribution in [0.1, 0.15) is 49.8 Å². The maximum atomic E-state index is 13.2. The summed E-state index contributed by atoms with van der Waals surface area (Å²) in [5, 5.41) is 4.54. The highest BCUT2D eigenvalue weighted by atomic mass is 16.5. The molecule has 4 aliphatic carbocycles. The van der Waals surface area contributed by atoms with Crippen LogP contribution in [-0.2, 0) is 22.7 Å². The molecule has 0 aliphatic heterocycles. The summed E-state index contributed by atoms with van der Waals surface area (Å²) in [4.78, 5) is 13.2. The van der Waals surface area contributed by atoms with Gasteiger partial charge >= 0.3 is 5.97 Å². The summed E-state index contributed by atoms with van der Waals surface area (Å²) in [6.07, 6.45) is 8.70. The highest BCUT2D eigenvalue weighted by molar-refractivity contribution is 5.77. The lowest BCUT2D eigenvalue weighted by atomic mass is 9.44. The van der Waals surface area contributed by atoms with Crippen molar-refractivity contribution in [3.63, 3.8) is 0 Å². The van der Waals surface area contributed by atoms with Crippen LogP contribution in [-0.4, -0.2) is 15.7 Å². The zero-order valence-corrected chi connectivity index (χ0v) is 16.1. The number of aryl methyl sites for hydroxylation is 1. The highest BCUT2D eigenvalue weighted by Crippen LogP contribution is 2.66. The van der Waals surface area contributed by atoms with E-state index in [1.165, 1.54) is 25.0 Å². The zero-order valence-electron chi connectivity index (χ0n) is 16.1. The van der Waals surface area contributed by atoms with Crippen molar-refractivity contribution in [1.82, 2.24) is 9.78 Å². The molecule has 2 unspecified atom stereocenters. The van der Waals surface area contributed by atoms with Gasteiger partial charge in [0, 0.05) is 18.4 Å². The maximum absolute atomic E-state index is 13.2. The molecular weight excluding hydrogens is 336 g/mol. The molecule has 1 aromatic heterocycles. The van der Waals surface area contributed by atoms with Gasteiger partial charge < -0.3 is 4.74 Å². The first-order chi connectivity index (χ1) is 13.1. The molecule has 142 valence electrons. The van der Waals surface area contributed by atoms with E-state index in [0.717, 1.165) is 31.4 Å². The molecule has 1 aromatic carbocycles. The number of carbonyl (C=O) groups excluding carboxylic acids is 1. The van der Waals surface area contributed by atoms with Crippen LogP contribution in [0.4, 0.5) is 0 Å². The normalized spacial score (nSPS) is 34.0. The Morgan fingerprint density at radius 2 is 1.89 bits per heavy atom. The third-order valence-electron chi connectivity index (χ3n) is 7.24. The predicted octanol–water partition coefficient (Wildman–Crippen LogP) is 4.52. The van der Waals surface area contributed by atoms with Gasteiger partial charge in [-0.25, -0.2) is 0 Å².